The number of ether oxygens (including phenoxy) is 1. The lowest BCUT2D eigenvalue weighted by molar-refractivity contribution is -0.133. The number of hydrogen-bond acceptors (Lipinski definition) is 4. The lowest BCUT2D eigenvalue weighted by atomic mass is 10.1. The van der Waals surface area contributed by atoms with E-state index in [4.69, 9.17) is 4.74 Å². The second-order valence-corrected chi connectivity index (χ2v) is 7.41. The Labute approximate surface area is 161 Å². The van der Waals surface area contributed by atoms with Crippen molar-refractivity contribution in [3.05, 3.63) is 18.0 Å². The Balaban J connectivity index is 1.57. The van der Waals surface area contributed by atoms with Gasteiger partial charge in [0.1, 0.15) is 0 Å². The molecular formula is C19H31N5O3. The standard InChI is InChI=1S/C19H31N5O3/c1-3-23-14-16(12-20-23)13-21(2)18(25)11-17-15-27-10-9-24(17)19(26)22-7-5-4-6-8-22/h12,14,17H,3-11,13,15H2,1-2H3/t17-/m1/s1. The smallest absolute Gasteiger partial charge is 0.320 e. The summed E-state index contributed by atoms with van der Waals surface area (Å²) < 4.78 is 7.42. The molecule has 2 saturated heterocycles. The van der Waals surface area contributed by atoms with Gasteiger partial charge in [0.25, 0.3) is 0 Å². The largest absolute Gasteiger partial charge is 0.377 e. The summed E-state index contributed by atoms with van der Waals surface area (Å²) in [6.45, 7) is 6.51. The minimum Gasteiger partial charge on any atom is -0.377 e. The highest BCUT2D eigenvalue weighted by Gasteiger charge is 2.33. The van der Waals surface area contributed by atoms with Gasteiger partial charge in [-0.15, -0.1) is 0 Å². The molecule has 0 saturated carbocycles. The van der Waals surface area contributed by atoms with Crippen LogP contribution in [0.25, 0.3) is 0 Å². The molecule has 1 aromatic heterocycles. The molecule has 3 heterocycles. The summed E-state index contributed by atoms with van der Waals surface area (Å²) in [7, 11) is 1.80. The van der Waals surface area contributed by atoms with Crippen LogP contribution in [0.5, 0.6) is 0 Å². The minimum atomic E-state index is -0.193. The molecule has 2 aliphatic heterocycles. The number of aromatic nitrogens is 2. The number of morpholine rings is 1. The van der Waals surface area contributed by atoms with E-state index >= 15 is 0 Å². The first-order valence-electron chi connectivity index (χ1n) is 9.97. The van der Waals surface area contributed by atoms with Gasteiger partial charge >= 0.3 is 6.03 Å². The number of piperidine rings is 1. The Hall–Kier alpha value is -2.09. The number of aryl methyl sites for hydroxylation is 1. The SMILES string of the molecule is CCn1cc(CN(C)C(=O)C[C@@H]2COCCN2C(=O)N2CCCCC2)cn1. The zero-order chi connectivity index (χ0) is 19.2. The van der Waals surface area contributed by atoms with Crippen LogP contribution in [-0.4, -0.2) is 82.4 Å². The predicted octanol–water partition coefficient (Wildman–Crippen LogP) is 1.56. The van der Waals surface area contributed by atoms with E-state index in [1.54, 1.807) is 18.1 Å². The Morgan fingerprint density at radius 1 is 1.26 bits per heavy atom. The van der Waals surface area contributed by atoms with E-state index in [2.05, 4.69) is 5.10 Å². The van der Waals surface area contributed by atoms with Crippen molar-refractivity contribution in [1.82, 2.24) is 24.5 Å². The molecule has 2 fully saturated rings. The maximum Gasteiger partial charge on any atom is 0.320 e. The Bertz CT molecular complexity index is 641. The monoisotopic (exact) mass is 377 g/mol. The summed E-state index contributed by atoms with van der Waals surface area (Å²) in [4.78, 5) is 31.1. The zero-order valence-corrected chi connectivity index (χ0v) is 16.5. The van der Waals surface area contributed by atoms with Gasteiger partial charge in [0.05, 0.1) is 25.5 Å². The van der Waals surface area contributed by atoms with Crippen molar-refractivity contribution < 1.29 is 14.3 Å². The second kappa shape index (κ2) is 9.21. The number of hydrogen-bond donors (Lipinski definition) is 0. The summed E-state index contributed by atoms with van der Waals surface area (Å²) in [6.07, 6.45) is 7.36. The van der Waals surface area contributed by atoms with E-state index in [0.29, 0.717) is 26.3 Å². The first kappa shape index (κ1) is 19.7. The maximum absolute atomic E-state index is 12.9. The Kier molecular flexibility index (Phi) is 6.71. The van der Waals surface area contributed by atoms with E-state index in [1.165, 1.54) is 6.42 Å². The topological polar surface area (TPSA) is 70.9 Å². The molecule has 1 aromatic rings. The van der Waals surface area contributed by atoms with Crippen LogP contribution < -0.4 is 0 Å². The summed E-state index contributed by atoms with van der Waals surface area (Å²) in [6, 6.07) is -0.135. The van der Waals surface area contributed by atoms with Gasteiger partial charge in [0.15, 0.2) is 0 Å². The van der Waals surface area contributed by atoms with Crippen LogP contribution in [0, 0.1) is 0 Å². The van der Waals surface area contributed by atoms with Crippen LogP contribution in [0.4, 0.5) is 4.79 Å². The third kappa shape index (κ3) is 5.00. The summed E-state index contributed by atoms with van der Waals surface area (Å²) in [5.74, 6) is 0.0196. The average Bonchev–Trinajstić information content (AvgIpc) is 3.16. The number of amides is 3. The molecule has 150 valence electrons. The quantitative estimate of drug-likeness (QED) is 0.781. The van der Waals surface area contributed by atoms with Crippen molar-refractivity contribution >= 4 is 11.9 Å². The van der Waals surface area contributed by atoms with Crippen LogP contribution >= 0.6 is 0 Å². The normalized spacial score (nSPS) is 20.6. The number of carbonyl (C=O) groups excluding carboxylic acids is 2. The van der Waals surface area contributed by atoms with Gasteiger partial charge in [-0.3, -0.25) is 9.48 Å². The molecule has 0 bridgehead atoms. The molecule has 3 amide bonds. The molecular weight excluding hydrogens is 346 g/mol. The highest BCUT2D eigenvalue weighted by atomic mass is 16.5. The van der Waals surface area contributed by atoms with Gasteiger partial charge in [-0.25, -0.2) is 4.79 Å². The fourth-order valence-corrected chi connectivity index (χ4v) is 3.72. The molecule has 0 aromatic carbocycles. The molecule has 8 heteroatoms. The van der Waals surface area contributed by atoms with Crippen molar-refractivity contribution in [2.24, 2.45) is 0 Å². The van der Waals surface area contributed by atoms with E-state index in [-0.39, 0.29) is 24.4 Å². The highest BCUT2D eigenvalue weighted by Crippen LogP contribution is 2.18. The first-order chi connectivity index (χ1) is 13.1. The third-order valence-corrected chi connectivity index (χ3v) is 5.37. The van der Waals surface area contributed by atoms with Gasteiger partial charge < -0.3 is 19.4 Å². The summed E-state index contributed by atoms with van der Waals surface area (Å²) in [5.41, 5.74) is 1.01. The number of urea groups is 1. The maximum atomic E-state index is 12.9. The van der Waals surface area contributed by atoms with Crippen LogP contribution in [0.3, 0.4) is 0 Å². The third-order valence-electron chi connectivity index (χ3n) is 5.37. The van der Waals surface area contributed by atoms with Crippen LogP contribution in [0.1, 0.15) is 38.2 Å². The lowest BCUT2D eigenvalue weighted by Gasteiger charge is -2.40. The molecule has 0 aliphatic carbocycles. The van der Waals surface area contributed by atoms with Crippen molar-refractivity contribution in [2.45, 2.75) is 51.7 Å². The molecule has 27 heavy (non-hydrogen) atoms. The Morgan fingerprint density at radius 2 is 2.04 bits per heavy atom. The van der Waals surface area contributed by atoms with Crippen molar-refractivity contribution in [3.8, 4) is 0 Å². The number of carbonyl (C=O) groups is 2. The average molecular weight is 377 g/mol. The van der Waals surface area contributed by atoms with E-state index < -0.39 is 0 Å². The zero-order valence-electron chi connectivity index (χ0n) is 16.5. The molecule has 0 unspecified atom stereocenters. The molecule has 1 atom stereocenters. The molecule has 3 rings (SSSR count). The molecule has 0 spiro atoms. The minimum absolute atomic E-state index is 0.0196. The van der Waals surface area contributed by atoms with Gasteiger partial charge in [-0.1, -0.05) is 0 Å². The van der Waals surface area contributed by atoms with E-state index in [1.807, 2.05) is 27.6 Å². The van der Waals surface area contributed by atoms with Crippen LogP contribution in [0.2, 0.25) is 0 Å². The highest BCUT2D eigenvalue weighted by molar-refractivity contribution is 5.79. The predicted molar refractivity (Wildman–Crippen MR) is 101 cm³/mol. The van der Waals surface area contributed by atoms with Crippen molar-refractivity contribution in [1.29, 1.82) is 0 Å². The number of nitrogens with zero attached hydrogens (tertiary/aromatic N) is 5. The summed E-state index contributed by atoms with van der Waals surface area (Å²) in [5, 5.41) is 4.25. The molecule has 0 radical (unpaired) electrons. The first-order valence-corrected chi connectivity index (χ1v) is 9.97. The van der Waals surface area contributed by atoms with E-state index in [9.17, 15) is 9.59 Å². The van der Waals surface area contributed by atoms with Gasteiger partial charge in [0.2, 0.25) is 5.91 Å². The van der Waals surface area contributed by atoms with Crippen LogP contribution in [0.15, 0.2) is 12.4 Å². The van der Waals surface area contributed by atoms with Gasteiger partial charge in [0, 0.05) is 58.0 Å². The lowest BCUT2D eigenvalue weighted by Crippen LogP contribution is -2.55. The van der Waals surface area contributed by atoms with Crippen LogP contribution in [-0.2, 0) is 22.6 Å². The fourth-order valence-electron chi connectivity index (χ4n) is 3.72. The molecule has 8 nitrogen and oxygen atoms in total. The van der Waals surface area contributed by atoms with Crippen molar-refractivity contribution in [2.75, 3.05) is 39.9 Å². The van der Waals surface area contributed by atoms with Gasteiger partial charge in [-0.2, -0.15) is 5.10 Å². The molecule has 2 aliphatic rings. The molecule has 0 N–H and O–H groups in total. The summed E-state index contributed by atoms with van der Waals surface area (Å²) >= 11 is 0. The van der Waals surface area contributed by atoms with E-state index in [0.717, 1.165) is 38.0 Å². The number of rotatable bonds is 5. The van der Waals surface area contributed by atoms with Crippen molar-refractivity contribution in [3.63, 3.8) is 0 Å². The second-order valence-electron chi connectivity index (χ2n) is 7.41. The number of likely N-dealkylation sites (tertiary alicyclic amines) is 1. The van der Waals surface area contributed by atoms with Gasteiger partial charge in [-0.05, 0) is 26.2 Å². The fraction of sp³-hybridized carbons (Fsp3) is 0.737. The Morgan fingerprint density at radius 3 is 2.74 bits per heavy atom.